The fourth-order valence-electron chi connectivity index (χ4n) is 1.73. The van der Waals surface area contributed by atoms with Gasteiger partial charge in [0.05, 0.1) is 12.6 Å². The van der Waals surface area contributed by atoms with Gasteiger partial charge in [0.15, 0.2) is 0 Å². The van der Waals surface area contributed by atoms with E-state index >= 15 is 0 Å². The van der Waals surface area contributed by atoms with E-state index in [4.69, 9.17) is 21.4 Å². The highest BCUT2D eigenvalue weighted by Gasteiger charge is 2.18. The molecule has 0 saturated heterocycles. The van der Waals surface area contributed by atoms with Crippen LogP contribution in [0.25, 0.3) is 0 Å². The number of carboxylic acids is 1. The Morgan fingerprint density at radius 2 is 2.00 bits per heavy atom. The lowest BCUT2D eigenvalue weighted by Gasteiger charge is -2.23. The molecule has 0 aromatic heterocycles. The van der Waals surface area contributed by atoms with E-state index < -0.39 is 12.0 Å². The van der Waals surface area contributed by atoms with Crippen LogP contribution in [0.5, 0.6) is 0 Å². The van der Waals surface area contributed by atoms with Crippen molar-refractivity contribution in [2.24, 2.45) is 0 Å². The molecule has 0 fully saturated rings. The highest BCUT2D eigenvalue weighted by molar-refractivity contribution is 6.30. The molecule has 1 aromatic rings. The SMILES string of the molecule is COCCN(CC(=O)O)C(=O)NC(C)c1ccc(Cl)cc1. The van der Waals surface area contributed by atoms with Gasteiger partial charge in [0, 0.05) is 18.7 Å². The van der Waals surface area contributed by atoms with Crippen LogP contribution in [0.3, 0.4) is 0 Å². The topological polar surface area (TPSA) is 78.9 Å². The van der Waals surface area contributed by atoms with Gasteiger partial charge in [-0.05, 0) is 24.6 Å². The molecule has 1 rings (SSSR count). The zero-order chi connectivity index (χ0) is 15.8. The highest BCUT2D eigenvalue weighted by Crippen LogP contribution is 2.16. The molecule has 6 nitrogen and oxygen atoms in total. The Morgan fingerprint density at radius 1 is 1.38 bits per heavy atom. The maximum absolute atomic E-state index is 12.1. The molecule has 1 unspecified atom stereocenters. The van der Waals surface area contributed by atoms with Gasteiger partial charge in [0.25, 0.3) is 0 Å². The van der Waals surface area contributed by atoms with Crippen LogP contribution in [0.4, 0.5) is 4.79 Å². The van der Waals surface area contributed by atoms with Gasteiger partial charge in [0.1, 0.15) is 6.54 Å². The molecule has 0 saturated carbocycles. The quantitative estimate of drug-likeness (QED) is 0.808. The van der Waals surface area contributed by atoms with Crippen LogP contribution in [0.15, 0.2) is 24.3 Å². The summed E-state index contributed by atoms with van der Waals surface area (Å²) in [6, 6.07) is 6.39. The fraction of sp³-hybridized carbons (Fsp3) is 0.429. The first-order chi connectivity index (χ1) is 9.93. The molecule has 0 heterocycles. The third-order valence-electron chi connectivity index (χ3n) is 2.89. The predicted octanol–water partition coefficient (Wildman–Crippen LogP) is 2.14. The molecule has 2 amide bonds. The van der Waals surface area contributed by atoms with E-state index in [1.54, 1.807) is 12.1 Å². The average molecular weight is 315 g/mol. The minimum atomic E-state index is -1.07. The second kappa shape index (κ2) is 8.49. The third-order valence-corrected chi connectivity index (χ3v) is 3.14. The van der Waals surface area contributed by atoms with Crippen molar-refractivity contribution < 1.29 is 19.4 Å². The Labute approximate surface area is 128 Å². The van der Waals surface area contributed by atoms with E-state index in [0.717, 1.165) is 5.56 Å². The minimum absolute atomic E-state index is 0.210. The lowest BCUT2D eigenvalue weighted by Crippen LogP contribution is -2.45. The van der Waals surface area contributed by atoms with E-state index in [1.165, 1.54) is 12.0 Å². The van der Waals surface area contributed by atoms with Crippen LogP contribution >= 0.6 is 11.6 Å². The Bertz CT molecular complexity index is 478. The van der Waals surface area contributed by atoms with Gasteiger partial charge in [-0.25, -0.2) is 4.79 Å². The van der Waals surface area contributed by atoms with Crippen molar-refractivity contribution in [1.29, 1.82) is 0 Å². The summed E-state index contributed by atoms with van der Waals surface area (Å²) in [5, 5.41) is 12.2. The Hall–Kier alpha value is -1.79. The highest BCUT2D eigenvalue weighted by atomic mass is 35.5. The molecule has 21 heavy (non-hydrogen) atoms. The molecule has 0 aliphatic carbocycles. The molecule has 1 atom stereocenters. The summed E-state index contributed by atoms with van der Waals surface area (Å²) >= 11 is 5.81. The number of amides is 2. The molecule has 7 heteroatoms. The third kappa shape index (κ3) is 6.01. The lowest BCUT2D eigenvalue weighted by molar-refractivity contribution is -0.137. The number of methoxy groups -OCH3 is 1. The van der Waals surface area contributed by atoms with Crippen LogP contribution in [-0.4, -0.2) is 48.8 Å². The average Bonchev–Trinajstić information content (AvgIpc) is 2.43. The van der Waals surface area contributed by atoms with Crippen molar-refractivity contribution in [2.45, 2.75) is 13.0 Å². The summed E-state index contributed by atoms with van der Waals surface area (Å²) in [7, 11) is 1.49. The predicted molar refractivity (Wildman–Crippen MR) is 79.5 cm³/mol. The molecule has 2 N–H and O–H groups in total. The number of hydrogen-bond donors (Lipinski definition) is 2. The maximum Gasteiger partial charge on any atom is 0.323 e. The first-order valence-corrected chi connectivity index (χ1v) is 6.83. The van der Waals surface area contributed by atoms with Crippen LogP contribution in [0, 0.1) is 0 Å². The zero-order valence-corrected chi connectivity index (χ0v) is 12.8. The van der Waals surface area contributed by atoms with Crippen LogP contribution in [-0.2, 0) is 9.53 Å². The molecule has 0 aliphatic heterocycles. The number of urea groups is 1. The van der Waals surface area contributed by atoms with E-state index in [0.29, 0.717) is 5.02 Å². The van der Waals surface area contributed by atoms with Crippen LogP contribution in [0.1, 0.15) is 18.5 Å². The monoisotopic (exact) mass is 314 g/mol. The number of nitrogens with one attached hydrogen (secondary N) is 1. The number of carbonyl (C=O) groups excluding carboxylic acids is 1. The molecule has 1 aromatic carbocycles. The summed E-state index contributed by atoms with van der Waals surface area (Å²) in [5.74, 6) is -1.07. The standard InChI is InChI=1S/C14H19ClN2O4/c1-10(11-3-5-12(15)6-4-11)16-14(20)17(7-8-21-2)9-13(18)19/h3-6,10H,7-9H2,1-2H3,(H,16,20)(H,18,19). The van der Waals surface area contributed by atoms with Gasteiger partial charge in [0.2, 0.25) is 0 Å². The number of aliphatic carboxylic acids is 1. The van der Waals surface area contributed by atoms with Crippen molar-refractivity contribution in [1.82, 2.24) is 10.2 Å². The van der Waals surface area contributed by atoms with Gasteiger partial charge in [-0.15, -0.1) is 0 Å². The first kappa shape index (κ1) is 17.3. The second-order valence-electron chi connectivity index (χ2n) is 4.53. The normalized spacial score (nSPS) is 11.8. The van der Waals surface area contributed by atoms with Crippen molar-refractivity contribution >= 4 is 23.6 Å². The summed E-state index contributed by atoms with van der Waals surface area (Å²) < 4.78 is 4.88. The van der Waals surface area contributed by atoms with Crippen molar-refractivity contribution in [3.8, 4) is 0 Å². The smallest absolute Gasteiger partial charge is 0.323 e. The number of hydrogen-bond acceptors (Lipinski definition) is 3. The van der Waals surface area contributed by atoms with E-state index in [2.05, 4.69) is 5.32 Å². The number of rotatable bonds is 7. The number of ether oxygens (including phenoxy) is 1. The maximum atomic E-state index is 12.1. The molecule has 0 aliphatic rings. The largest absolute Gasteiger partial charge is 0.480 e. The van der Waals surface area contributed by atoms with E-state index in [-0.39, 0.29) is 25.7 Å². The number of nitrogens with zero attached hydrogens (tertiary/aromatic N) is 1. The van der Waals surface area contributed by atoms with Crippen molar-refractivity contribution in [3.63, 3.8) is 0 Å². The number of carbonyl (C=O) groups is 2. The summed E-state index contributed by atoms with van der Waals surface area (Å²) in [4.78, 5) is 24.1. The first-order valence-electron chi connectivity index (χ1n) is 6.45. The molecular formula is C14H19ClN2O4. The Morgan fingerprint density at radius 3 is 2.52 bits per heavy atom. The molecule has 116 valence electrons. The molecular weight excluding hydrogens is 296 g/mol. The van der Waals surface area contributed by atoms with Gasteiger partial charge in [-0.1, -0.05) is 23.7 Å². The van der Waals surface area contributed by atoms with E-state index in [9.17, 15) is 9.59 Å². The van der Waals surface area contributed by atoms with Gasteiger partial charge in [-0.2, -0.15) is 0 Å². The van der Waals surface area contributed by atoms with Crippen molar-refractivity contribution in [2.75, 3.05) is 26.8 Å². The zero-order valence-electron chi connectivity index (χ0n) is 12.0. The second-order valence-corrected chi connectivity index (χ2v) is 4.97. The molecule has 0 bridgehead atoms. The van der Waals surface area contributed by atoms with Gasteiger partial charge >= 0.3 is 12.0 Å². The Balaban J connectivity index is 2.66. The Kier molecular flexibility index (Phi) is 6.98. The van der Waals surface area contributed by atoms with Gasteiger partial charge < -0.3 is 20.1 Å². The molecule has 0 radical (unpaired) electrons. The number of halogens is 1. The van der Waals surface area contributed by atoms with Crippen LogP contribution in [0.2, 0.25) is 5.02 Å². The summed E-state index contributed by atoms with van der Waals surface area (Å²) in [6.45, 7) is 1.93. The number of carboxylic acid groups (broad SMARTS) is 1. The molecule has 0 spiro atoms. The fourth-order valence-corrected chi connectivity index (χ4v) is 1.85. The van der Waals surface area contributed by atoms with E-state index in [1.807, 2.05) is 19.1 Å². The van der Waals surface area contributed by atoms with Crippen LogP contribution < -0.4 is 5.32 Å². The summed E-state index contributed by atoms with van der Waals surface area (Å²) in [6.07, 6.45) is 0. The lowest BCUT2D eigenvalue weighted by atomic mass is 10.1. The summed E-state index contributed by atoms with van der Waals surface area (Å²) in [5.41, 5.74) is 0.884. The van der Waals surface area contributed by atoms with Gasteiger partial charge in [-0.3, -0.25) is 4.79 Å². The minimum Gasteiger partial charge on any atom is -0.480 e. The van der Waals surface area contributed by atoms with Crippen molar-refractivity contribution in [3.05, 3.63) is 34.9 Å². The number of benzene rings is 1.